The van der Waals surface area contributed by atoms with E-state index in [2.05, 4.69) is 23.8 Å². The van der Waals surface area contributed by atoms with Gasteiger partial charge in [-0.1, -0.05) is 24.3 Å². The molecule has 0 bridgehead atoms. The Hall–Kier alpha value is -4.27. The maximum absolute atomic E-state index is 13.4. The Balaban J connectivity index is 2.20. The number of alkyl carbamates (subject to hydrolysis) is 2. The summed E-state index contributed by atoms with van der Waals surface area (Å²) in [6.07, 6.45) is 4.60. The molecule has 1 atom stereocenters. The quantitative estimate of drug-likeness (QED) is 0.0986. The molecule has 0 fully saturated rings. The molecular weight excluding hydrogens is 548 g/mol. The number of hydrogen-bond acceptors (Lipinski definition) is 7. The highest BCUT2D eigenvalue weighted by Gasteiger charge is 2.26. The van der Waals surface area contributed by atoms with Gasteiger partial charge < -0.3 is 30.0 Å². The first-order chi connectivity index (χ1) is 20.1. The molecule has 2 aromatic carbocycles. The number of carbonyl (C=O) groups excluding carboxylic acids is 3. The molecule has 1 unspecified atom stereocenters. The van der Waals surface area contributed by atoms with Crippen LogP contribution >= 0.6 is 0 Å². The van der Waals surface area contributed by atoms with Gasteiger partial charge in [0, 0.05) is 12.1 Å². The molecule has 2 rings (SSSR count). The minimum Gasteiger partial charge on any atom is -0.507 e. The Morgan fingerprint density at radius 1 is 0.884 bits per heavy atom. The lowest BCUT2D eigenvalue weighted by Gasteiger charge is -2.23. The van der Waals surface area contributed by atoms with Crippen LogP contribution in [0.5, 0.6) is 11.5 Å². The number of phenols is 1. The van der Waals surface area contributed by atoms with Gasteiger partial charge in [0.1, 0.15) is 28.7 Å². The number of benzene rings is 2. The zero-order valence-electron chi connectivity index (χ0n) is 26.2. The molecule has 0 radical (unpaired) electrons. The fraction of sp³-hybridized carbons (Fsp3) is 0.441. The van der Waals surface area contributed by atoms with Gasteiger partial charge in [-0.25, -0.2) is 14.4 Å². The third-order valence-electron chi connectivity index (χ3n) is 5.95. The molecule has 2 aromatic rings. The summed E-state index contributed by atoms with van der Waals surface area (Å²) in [6, 6.07) is 9.66. The topological polar surface area (TPSA) is 123 Å². The van der Waals surface area contributed by atoms with E-state index in [1.807, 2.05) is 18.2 Å². The van der Waals surface area contributed by atoms with Crippen molar-refractivity contribution in [2.45, 2.75) is 90.9 Å². The number of phenolic OH excluding ortho intramolecular Hbond substituents is 1. The van der Waals surface area contributed by atoms with Crippen molar-refractivity contribution < 1.29 is 33.7 Å². The van der Waals surface area contributed by atoms with Gasteiger partial charge in [0.2, 0.25) is 0 Å². The number of carbonyl (C=O) groups is 3. The van der Waals surface area contributed by atoms with Gasteiger partial charge in [0.05, 0.1) is 0 Å². The first-order valence-electron chi connectivity index (χ1n) is 14.5. The van der Waals surface area contributed by atoms with Gasteiger partial charge in [-0.15, -0.1) is 13.2 Å². The van der Waals surface area contributed by atoms with Crippen molar-refractivity contribution in [3.8, 4) is 22.6 Å². The molecule has 3 N–H and O–H groups in total. The Morgan fingerprint density at radius 3 is 2.16 bits per heavy atom. The van der Waals surface area contributed by atoms with E-state index in [9.17, 15) is 19.5 Å². The molecule has 9 heteroatoms. The van der Waals surface area contributed by atoms with Crippen LogP contribution in [0.2, 0.25) is 0 Å². The Labute approximate surface area is 255 Å². The predicted octanol–water partition coefficient (Wildman–Crippen LogP) is 7.01. The molecule has 0 aliphatic heterocycles. The number of hydrogen-bond donors (Lipinski definition) is 3. The number of unbranched alkanes of at least 4 members (excludes halogenated alkanes) is 1. The highest BCUT2D eigenvalue weighted by atomic mass is 16.6. The van der Waals surface area contributed by atoms with Crippen molar-refractivity contribution in [2.75, 3.05) is 6.54 Å². The third kappa shape index (κ3) is 12.6. The Morgan fingerprint density at radius 2 is 1.53 bits per heavy atom. The molecule has 0 aliphatic carbocycles. The van der Waals surface area contributed by atoms with Crippen molar-refractivity contribution in [2.24, 2.45) is 0 Å². The zero-order chi connectivity index (χ0) is 32.2. The number of ether oxygens (including phenoxy) is 3. The number of allylic oxidation sites excluding steroid dienone is 2. The normalized spacial score (nSPS) is 12.0. The second-order valence-corrected chi connectivity index (χ2v) is 12.2. The molecular formula is C34H46N2O7. The molecule has 234 valence electrons. The van der Waals surface area contributed by atoms with Crippen LogP contribution in [0, 0.1) is 0 Å². The van der Waals surface area contributed by atoms with Crippen molar-refractivity contribution in [1.29, 1.82) is 0 Å². The van der Waals surface area contributed by atoms with Gasteiger partial charge in [-0.3, -0.25) is 0 Å². The molecule has 2 amide bonds. The van der Waals surface area contributed by atoms with Crippen LogP contribution in [0.4, 0.5) is 9.59 Å². The number of esters is 1. The summed E-state index contributed by atoms with van der Waals surface area (Å²) < 4.78 is 16.4. The van der Waals surface area contributed by atoms with Crippen LogP contribution in [0.25, 0.3) is 11.1 Å². The van der Waals surface area contributed by atoms with E-state index in [1.165, 1.54) is 0 Å². The fourth-order valence-corrected chi connectivity index (χ4v) is 4.13. The Kier molecular flexibility index (Phi) is 12.8. The monoisotopic (exact) mass is 594 g/mol. The number of amides is 2. The van der Waals surface area contributed by atoms with E-state index in [0.29, 0.717) is 49.1 Å². The minimum atomic E-state index is -0.993. The summed E-state index contributed by atoms with van der Waals surface area (Å²) in [5.41, 5.74) is 1.73. The van der Waals surface area contributed by atoms with E-state index in [0.717, 1.165) is 11.1 Å². The first-order valence-corrected chi connectivity index (χ1v) is 14.5. The highest BCUT2D eigenvalue weighted by Crippen LogP contribution is 2.34. The lowest BCUT2D eigenvalue weighted by Crippen LogP contribution is -2.45. The van der Waals surface area contributed by atoms with Crippen LogP contribution in [-0.4, -0.2) is 47.1 Å². The lowest BCUT2D eigenvalue weighted by atomic mass is 9.97. The van der Waals surface area contributed by atoms with E-state index >= 15 is 0 Å². The predicted molar refractivity (Wildman–Crippen MR) is 168 cm³/mol. The minimum absolute atomic E-state index is 0.130. The van der Waals surface area contributed by atoms with Crippen LogP contribution in [0.3, 0.4) is 0 Å². The molecule has 9 nitrogen and oxygen atoms in total. The second kappa shape index (κ2) is 15.8. The molecule has 0 spiro atoms. The Bertz CT molecular complexity index is 1290. The standard InChI is InChI=1S/C34H46N2O7/c1-9-13-23-16-18-28(37)26(21-23)24-17-19-29(25(22-24)14-10-2)41-30(38)27(36-32(40)43-34(6,7)8)15-11-12-20-35-31(39)42-33(3,4)5/h9-10,16-19,21-22,27,37H,1-2,11-15,20H2,3-8H3,(H,35,39)(H,36,40). The maximum atomic E-state index is 13.4. The average molecular weight is 595 g/mol. The van der Waals surface area contributed by atoms with Crippen LogP contribution < -0.4 is 15.4 Å². The van der Waals surface area contributed by atoms with Crippen LogP contribution in [0.1, 0.15) is 71.9 Å². The van der Waals surface area contributed by atoms with Crippen molar-refractivity contribution in [3.63, 3.8) is 0 Å². The summed E-state index contributed by atoms with van der Waals surface area (Å²) in [4.78, 5) is 37.8. The number of aromatic hydroxyl groups is 1. The zero-order valence-corrected chi connectivity index (χ0v) is 26.2. The molecule has 0 saturated carbocycles. The molecule has 0 aromatic heterocycles. The van der Waals surface area contributed by atoms with E-state index < -0.39 is 35.4 Å². The summed E-state index contributed by atoms with van der Waals surface area (Å²) in [7, 11) is 0. The second-order valence-electron chi connectivity index (χ2n) is 12.2. The van der Waals surface area contributed by atoms with Crippen molar-refractivity contribution in [3.05, 3.63) is 72.8 Å². The highest BCUT2D eigenvalue weighted by molar-refractivity contribution is 5.83. The maximum Gasteiger partial charge on any atom is 0.408 e. The first kappa shape index (κ1) is 34.9. The van der Waals surface area contributed by atoms with Gasteiger partial charge in [0.25, 0.3) is 0 Å². The summed E-state index contributed by atoms with van der Waals surface area (Å²) >= 11 is 0. The molecule has 43 heavy (non-hydrogen) atoms. The number of nitrogens with one attached hydrogen (secondary N) is 2. The fourth-order valence-electron chi connectivity index (χ4n) is 4.13. The van der Waals surface area contributed by atoms with Crippen LogP contribution in [-0.2, 0) is 27.1 Å². The van der Waals surface area contributed by atoms with E-state index in [4.69, 9.17) is 14.2 Å². The summed E-state index contributed by atoms with van der Waals surface area (Å²) in [5, 5.41) is 15.8. The van der Waals surface area contributed by atoms with Crippen LogP contribution in [0.15, 0.2) is 61.7 Å². The van der Waals surface area contributed by atoms with Gasteiger partial charge in [0.15, 0.2) is 0 Å². The third-order valence-corrected chi connectivity index (χ3v) is 5.95. The largest absolute Gasteiger partial charge is 0.507 e. The summed E-state index contributed by atoms with van der Waals surface area (Å²) in [5.74, 6) is -0.206. The van der Waals surface area contributed by atoms with Gasteiger partial charge >= 0.3 is 18.2 Å². The smallest absolute Gasteiger partial charge is 0.408 e. The molecule has 0 heterocycles. The molecule has 0 saturated heterocycles. The van der Waals surface area contributed by atoms with Gasteiger partial charge in [-0.2, -0.15) is 0 Å². The van der Waals surface area contributed by atoms with Crippen molar-refractivity contribution >= 4 is 18.2 Å². The number of rotatable bonds is 13. The van der Waals surface area contributed by atoms with E-state index in [1.54, 1.807) is 71.9 Å². The van der Waals surface area contributed by atoms with Crippen molar-refractivity contribution in [1.82, 2.24) is 10.6 Å². The van der Waals surface area contributed by atoms with Gasteiger partial charge in [-0.05, 0) is 115 Å². The molecule has 0 aliphatic rings. The SMILES string of the molecule is C=CCc1ccc(O)c(-c2ccc(OC(=O)C(CCCCNC(=O)OC(C)(C)C)NC(=O)OC(C)(C)C)c(CC=C)c2)c1. The lowest BCUT2D eigenvalue weighted by molar-refractivity contribution is -0.137. The average Bonchev–Trinajstić information content (AvgIpc) is 2.88. The summed E-state index contributed by atoms with van der Waals surface area (Å²) in [6.45, 7) is 18.5. The van der Waals surface area contributed by atoms with E-state index in [-0.39, 0.29) is 12.2 Å².